The number of fused-ring (bicyclic) bond motifs is 2. The highest BCUT2D eigenvalue weighted by molar-refractivity contribution is 5.89. The smallest absolute Gasteiger partial charge is 0.233 e. The molecule has 1 aromatic carbocycles. The van der Waals surface area contributed by atoms with Crippen molar-refractivity contribution < 1.29 is 4.74 Å². The molecule has 1 unspecified atom stereocenters. The standard InChI is InChI=1S/C20H21N5O/c1-2-6-18-16(5-1)20(22-13-21-18)25-9-8-14(11-25)12-26-19-10-15-4-3-7-17(15)23-24-19/h1-2,5-6,10,13-14H,3-4,7-9,11-12H2. The van der Waals surface area contributed by atoms with Crippen LogP contribution in [0.1, 0.15) is 24.1 Å². The molecular weight excluding hydrogens is 326 g/mol. The summed E-state index contributed by atoms with van der Waals surface area (Å²) in [5.41, 5.74) is 3.43. The minimum absolute atomic E-state index is 0.471. The lowest BCUT2D eigenvalue weighted by atomic mass is 10.1. The predicted octanol–water partition coefficient (Wildman–Crippen LogP) is 2.81. The first-order valence-corrected chi connectivity index (χ1v) is 9.30. The van der Waals surface area contributed by atoms with Gasteiger partial charge in [0.25, 0.3) is 0 Å². The Bertz CT molecular complexity index is 939. The Morgan fingerprint density at radius 2 is 2.08 bits per heavy atom. The SMILES string of the molecule is c1ccc2c(N3CCC(COc4cc5c(nn4)CCC5)C3)ncnc2c1. The average Bonchev–Trinajstić information content (AvgIpc) is 3.35. The molecule has 1 aliphatic carbocycles. The van der Waals surface area contributed by atoms with Crippen molar-refractivity contribution in [1.82, 2.24) is 20.2 Å². The van der Waals surface area contributed by atoms with Gasteiger partial charge in [-0.1, -0.05) is 12.1 Å². The molecule has 26 heavy (non-hydrogen) atoms. The molecule has 5 rings (SSSR count). The van der Waals surface area contributed by atoms with Gasteiger partial charge in [0.05, 0.1) is 17.8 Å². The third-order valence-corrected chi connectivity index (χ3v) is 5.37. The van der Waals surface area contributed by atoms with Crippen molar-refractivity contribution in [3.63, 3.8) is 0 Å². The minimum atomic E-state index is 0.471. The maximum absolute atomic E-state index is 5.95. The van der Waals surface area contributed by atoms with E-state index >= 15 is 0 Å². The molecule has 2 aliphatic rings. The summed E-state index contributed by atoms with van der Waals surface area (Å²) in [5.74, 6) is 2.16. The van der Waals surface area contributed by atoms with E-state index in [2.05, 4.69) is 37.2 Å². The number of aryl methyl sites for hydroxylation is 2. The van der Waals surface area contributed by atoms with Crippen LogP contribution in [0.15, 0.2) is 36.7 Å². The largest absolute Gasteiger partial charge is 0.476 e. The number of rotatable bonds is 4. The molecule has 3 aromatic rings. The van der Waals surface area contributed by atoms with E-state index in [9.17, 15) is 0 Å². The fourth-order valence-electron chi connectivity index (χ4n) is 3.99. The minimum Gasteiger partial charge on any atom is -0.476 e. The zero-order chi connectivity index (χ0) is 17.3. The van der Waals surface area contributed by atoms with Crippen molar-refractivity contribution in [3.05, 3.63) is 47.9 Å². The van der Waals surface area contributed by atoms with Gasteiger partial charge in [0.2, 0.25) is 5.88 Å². The van der Waals surface area contributed by atoms with Gasteiger partial charge in [0.15, 0.2) is 0 Å². The van der Waals surface area contributed by atoms with Crippen LogP contribution in [0, 0.1) is 5.92 Å². The number of anilines is 1. The summed E-state index contributed by atoms with van der Waals surface area (Å²) in [6.07, 6.45) is 6.07. The number of benzene rings is 1. The maximum Gasteiger partial charge on any atom is 0.233 e. The van der Waals surface area contributed by atoms with Crippen LogP contribution in [-0.4, -0.2) is 39.9 Å². The van der Waals surface area contributed by atoms with Crippen molar-refractivity contribution in [2.24, 2.45) is 5.92 Å². The first-order chi connectivity index (χ1) is 12.9. The van der Waals surface area contributed by atoms with Crippen molar-refractivity contribution in [3.8, 4) is 5.88 Å². The molecule has 6 heteroatoms. The third kappa shape index (κ3) is 2.85. The van der Waals surface area contributed by atoms with Gasteiger partial charge in [0, 0.05) is 30.5 Å². The Hall–Kier alpha value is -2.76. The van der Waals surface area contributed by atoms with E-state index in [0.717, 1.165) is 54.8 Å². The highest BCUT2D eigenvalue weighted by Gasteiger charge is 2.25. The van der Waals surface area contributed by atoms with Crippen LogP contribution in [0.25, 0.3) is 10.9 Å². The lowest BCUT2D eigenvalue weighted by molar-refractivity contribution is 0.249. The normalized spacial score (nSPS) is 19.1. The van der Waals surface area contributed by atoms with E-state index in [1.165, 1.54) is 12.0 Å². The summed E-state index contributed by atoms with van der Waals surface area (Å²) in [4.78, 5) is 11.2. The molecule has 1 fully saturated rings. The second-order valence-corrected chi connectivity index (χ2v) is 7.13. The van der Waals surface area contributed by atoms with Crippen LogP contribution >= 0.6 is 0 Å². The number of nitrogens with zero attached hydrogens (tertiary/aromatic N) is 5. The zero-order valence-electron chi connectivity index (χ0n) is 14.6. The second-order valence-electron chi connectivity index (χ2n) is 7.13. The van der Waals surface area contributed by atoms with Gasteiger partial charge in [-0.2, -0.15) is 5.10 Å². The Kier molecular flexibility index (Phi) is 3.88. The molecule has 0 saturated carbocycles. The van der Waals surface area contributed by atoms with E-state index in [1.807, 2.05) is 18.2 Å². The van der Waals surface area contributed by atoms with Crippen LogP contribution in [0.2, 0.25) is 0 Å². The fourth-order valence-corrected chi connectivity index (χ4v) is 3.99. The summed E-state index contributed by atoms with van der Waals surface area (Å²) in [7, 11) is 0. The van der Waals surface area contributed by atoms with Crippen molar-refractivity contribution >= 4 is 16.7 Å². The van der Waals surface area contributed by atoms with E-state index in [1.54, 1.807) is 6.33 Å². The van der Waals surface area contributed by atoms with Gasteiger partial charge >= 0.3 is 0 Å². The van der Waals surface area contributed by atoms with Crippen molar-refractivity contribution in [2.75, 3.05) is 24.6 Å². The Labute approximate surface area is 152 Å². The molecule has 0 bridgehead atoms. The molecule has 1 atom stereocenters. The van der Waals surface area contributed by atoms with Crippen molar-refractivity contribution in [1.29, 1.82) is 0 Å². The molecule has 0 amide bonds. The maximum atomic E-state index is 5.95. The molecule has 1 aliphatic heterocycles. The van der Waals surface area contributed by atoms with Crippen LogP contribution in [0.5, 0.6) is 5.88 Å². The quantitative estimate of drug-likeness (QED) is 0.723. The van der Waals surface area contributed by atoms with Crippen molar-refractivity contribution in [2.45, 2.75) is 25.7 Å². The van der Waals surface area contributed by atoms with Crippen LogP contribution in [0.4, 0.5) is 5.82 Å². The molecule has 0 N–H and O–H groups in total. The van der Waals surface area contributed by atoms with Gasteiger partial charge in [-0.25, -0.2) is 9.97 Å². The summed E-state index contributed by atoms with van der Waals surface area (Å²) < 4.78 is 5.95. The zero-order valence-corrected chi connectivity index (χ0v) is 14.6. The molecule has 1 saturated heterocycles. The lowest BCUT2D eigenvalue weighted by Crippen LogP contribution is -2.23. The Balaban J connectivity index is 1.26. The third-order valence-electron chi connectivity index (χ3n) is 5.37. The molecule has 2 aromatic heterocycles. The highest BCUT2D eigenvalue weighted by atomic mass is 16.5. The highest BCUT2D eigenvalue weighted by Crippen LogP contribution is 2.28. The number of aromatic nitrogens is 4. The first kappa shape index (κ1) is 15.5. The summed E-state index contributed by atoms with van der Waals surface area (Å²) in [5, 5.41) is 9.63. The molecule has 132 valence electrons. The lowest BCUT2D eigenvalue weighted by Gasteiger charge is -2.19. The Morgan fingerprint density at radius 1 is 1.12 bits per heavy atom. The number of ether oxygens (including phenoxy) is 1. The van der Waals surface area contributed by atoms with Gasteiger partial charge in [-0.05, 0) is 43.4 Å². The summed E-state index contributed by atoms with van der Waals surface area (Å²) in [6.45, 7) is 2.61. The molecule has 6 nitrogen and oxygen atoms in total. The Morgan fingerprint density at radius 3 is 3.08 bits per heavy atom. The summed E-state index contributed by atoms with van der Waals surface area (Å²) in [6, 6.07) is 10.2. The first-order valence-electron chi connectivity index (χ1n) is 9.30. The molecule has 0 spiro atoms. The number of hydrogen-bond acceptors (Lipinski definition) is 6. The predicted molar refractivity (Wildman–Crippen MR) is 99.4 cm³/mol. The molecule has 3 heterocycles. The van der Waals surface area contributed by atoms with E-state index < -0.39 is 0 Å². The van der Waals surface area contributed by atoms with Gasteiger partial charge < -0.3 is 9.64 Å². The van der Waals surface area contributed by atoms with Gasteiger partial charge in [0.1, 0.15) is 12.1 Å². The summed E-state index contributed by atoms with van der Waals surface area (Å²) >= 11 is 0. The monoisotopic (exact) mass is 347 g/mol. The molecule has 0 radical (unpaired) electrons. The fraction of sp³-hybridized carbons (Fsp3) is 0.400. The van der Waals surface area contributed by atoms with Gasteiger partial charge in [-0.3, -0.25) is 0 Å². The topological polar surface area (TPSA) is 64.0 Å². The number of para-hydroxylation sites is 1. The second kappa shape index (κ2) is 6.52. The van der Waals surface area contributed by atoms with Gasteiger partial charge in [-0.15, -0.1) is 5.10 Å². The molecular formula is C20H21N5O. The van der Waals surface area contributed by atoms with Crippen LogP contribution in [0.3, 0.4) is 0 Å². The van der Waals surface area contributed by atoms with Crippen LogP contribution in [-0.2, 0) is 12.8 Å². The number of hydrogen-bond donors (Lipinski definition) is 0. The van der Waals surface area contributed by atoms with E-state index in [-0.39, 0.29) is 0 Å². The van der Waals surface area contributed by atoms with Crippen LogP contribution < -0.4 is 9.64 Å². The van der Waals surface area contributed by atoms with E-state index in [0.29, 0.717) is 18.4 Å². The average molecular weight is 347 g/mol. The van der Waals surface area contributed by atoms with E-state index in [4.69, 9.17) is 4.74 Å².